The standard InChI is InChI=1S/C15H22N2O2.2ClH/c18-13-8-12(9-14(19)10-13)15(7-11-1-2-11)17-5-3-16-4-6-17;;/h8-11,15-16,18-19H,1-7H2;2*1H/t15-;;/m1../s1. The van der Waals surface area contributed by atoms with Crippen molar-refractivity contribution in [3.63, 3.8) is 0 Å². The molecule has 2 fully saturated rings. The van der Waals surface area contributed by atoms with E-state index in [4.69, 9.17) is 0 Å². The maximum absolute atomic E-state index is 9.70. The smallest absolute Gasteiger partial charge is 0.119 e. The summed E-state index contributed by atoms with van der Waals surface area (Å²) in [6.45, 7) is 4.11. The highest BCUT2D eigenvalue weighted by molar-refractivity contribution is 5.85. The molecule has 4 nitrogen and oxygen atoms in total. The summed E-state index contributed by atoms with van der Waals surface area (Å²) in [5.74, 6) is 1.14. The second-order valence-electron chi connectivity index (χ2n) is 5.76. The van der Waals surface area contributed by atoms with E-state index in [2.05, 4.69) is 10.2 Å². The van der Waals surface area contributed by atoms with Gasteiger partial charge >= 0.3 is 0 Å². The van der Waals surface area contributed by atoms with Gasteiger partial charge in [0, 0.05) is 38.3 Å². The summed E-state index contributed by atoms with van der Waals surface area (Å²) >= 11 is 0. The van der Waals surface area contributed by atoms with Gasteiger partial charge in [-0.15, -0.1) is 24.8 Å². The Balaban J connectivity index is 0.00000110. The zero-order valence-electron chi connectivity index (χ0n) is 12.0. The number of hydrogen-bond acceptors (Lipinski definition) is 4. The van der Waals surface area contributed by atoms with E-state index in [-0.39, 0.29) is 36.3 Å². The van der Waals surface area contributed by atoms with Crippen molar-refractivity contribution in [2.45, 2.75) is 25.3 Å². The number of hydrogen-bond donors (Lipinski definition) is 3. The van der Waals surface area contributed by atoms with Gasteiger partial charge in [0.25, 0.3) is 0 Å². The van der Waals surface area contributed by atoms with Crippen molar-refractivity contribution in [3.8, 4) is 11.5 Å². The van der Waals surface area contributed by atoms with Gasteiger partial charge < -0.3 is 15.5 Å². The molecule has 0 radical (unpaired) electrons. The lowest BCUT2D eigenvalue weighted by Gasteiger charge is -2.35. The van der Waals surface area contributed by atoms with Crippen LogP contribution in [0, 0.1) is 5.92 Å². The molecule has 1 aromatic rings. The van der Waals surface area contributed by atoms with Crippen LogP contribution >= 0.6 is 24.8 Å². The summed E-state index contributed by atoms with van der Waals surface area (Å²) in [7, 11) is 0. The first-order chi connectivity index (χ1) is 9.22. The Bertz CT molecular complexity index is 429. The van der Waals surface area contributed by atoms with Gasteiger partial charge in [-0.3, -0.25) is 4.90 Å². The molecule has 0 spiro atoms. The largest absolute Gasteiger partial charge is 0.508 e. The van der Waals surface area contributed by atoms with E-state index in [0.717, 1.165) is 44.1 Å². The lowest BCUT2D eigenvalue weighted by molar-refractivity contribution is 0.160. The van der Waals surface area contributed by atoms with E-state index in [0.29, 0.717) is 6.04 Å². The molecule has 3 rings (SSSR count). The third-order valence-corrected chi connectivity index (χ3v) is 4.16. The van der Waals surface area contributed by atoms with Crippen molar-refractivity contribution >= 4 is 24.8 Å². The van der Waals surface area contributed by atoms with Gasteiger partial charge in [-0.1, -0.05) is 12.8 Å². The van der Waals surface area contributed by atoms with Crippen LogP contribution in [0.4, 0.5) is 0 Å². The van der Waals surface area contributed by atoms with Gasteiger partial charge in [0.2, 0.25) is 0 Å². The Morgan fingerprint density at radius 1 is 1.05 bits per heavy atom. The minimum absolute atomic E-state index is 0. The van der Waals surface area contributed by atoms with Gasteiger partial charge in [0.15, 0.2) is 0 Å². The molecule has 1 atom stereocenters. The van der Waals surface area contributed by atoms with E-state index >= 15 is 0 Å². The first-order valence-electron chi connectivity index (χ1n) is 7.20. The van der Waals surface area contributed by atoms with Crippen LogP contribution in [0.1, 0.15) is 30.9 Å². The molecular weight excluding hydrogens is 311 g/mol. The Morgan fingerprint density at radius 3 is 2.14 bits per heavy atom. The Morgan fingerprint density at radius 2 is 1.62 bits per heavy atom. The minimum Gasteiger partial charge on any atom is -0.508 e. The van der Waals surface area contributed by atoms with Crippen LogP contribution in [0.2, 0.25) is 0 Å². The molecule has 1 aliphatic carbocycles. The van der Waals surface area contributed by atoms with Crippen LogP contribution in [0.15, 0.2) is 18.2 Å². The second kappa shape index (κ2) is 8.08. The van der Waals surface area contributed by atoms with E-state index in [9.17, 15) is 10.2 Å². The van der Waals surface area contributed by atoms with Crippen molar-refractivity contribution in [1.82, 2.24) is 10.2 Å². The number of phenolic OH excluding ortho intramolecular Hbond substituents is 2. The number of phenols is 2. The molecule has 6 heteroatoms. The first kappa shape index (κ1) is 18.4. The highest BCUT2D eigenvalue weighted by Gasteiger charge is 2.30. The zero-order chi connectivity index (χ0) is 13.2. The van der Waals surface area contributed by atoms with Gasteiger partial charge in [-0.25, -0.2) is 0 Å². The average molecular weight is 335 g/mol. The lowest BCUT2D eigenvalue weighted by atomic mass is 9.98. The Labute approximate surface area is 138 Å². The number of nitrogens with zero attached hydrogens (tertiary/aromatic N) is 1. The second-order valence-corrected chi connectivity index (χ2v) is 5.76. The van der Waals surface area contributed by atoms with Crippen molar-refractivity contribution < 1.29 is 10.2 Å². The van der Waals surface area contributed by atoms with Gasteiger partial charge in [-0.05, 0) is 30.0 Å². The zero-order valence-corrected chi connectivity index (χ0v) is 13.6. The fourth-order valence-electron chi connectivity index (χ4n) is 2.97. The molecule has 1 aromatic carbocycles. The molecule has 1 aliphatic heterocycles. The predicted molar refractivity (Wildman–Crippen MR) is 88.8 cm³/mol. The van der Waals surface area contributed by atoms with Crippen molar-refractivity contribution in [3.05, 3.63) is 23.8 Å². The number of halogens is 2. The fourth-order valence-corrected chi connectivity index (χ4v) is 2.97. The number of benzene rings is 1. The van der Waals surface area contributed by atoms with Crippen molar-refractivity contribution in [1.29, 1.82) is 0 Å². The van der Waals surface area contributed by atoms with Gasteiger partial charge in [-0.2, -0.15) is 0 Å². The van der Waals surface area contributed by atoms with Crippen LogP contribution in [-0.4, -0.2) is 41.3 Å². The molecular formula is C15H24Cl2N2O2. The molecule has 1 heterocycles. The van der Waals surface area contributed by atoms with Crippen molar-refractivity contribution in [2.24, 2.45) is 5.92 Å². The van der Waals surface area contributed by atoms with Crippen LogP contribution in [0.3, 0.4) is 0 Å². The summed E-state index contributed by atoms with van der Waals surface area (Å²) in [6.07, 6.45) is 3.80. The highest BCUT2D eigenvalue weighted by Crippen LogP contribution is 2.41. The van der Waals surface area contributed by atoms with Gasteiger partial charge in [0.05, 0.1) is 0 Å². The predicted octanol–water partition coefficient (Wildman–Crippen LogP) is 2.69. The van der Waals surface area contributed by atoms with Crippen LogP contribution in [-0.2, 0) is 0 Å². The first-order valence-corrected chi connectivity index (χ1v) is 7.20. The Kier molecular flexibility index (Phi) is 7.07. The number of aromatic hydroxyl groups is 2. The molecule has 120 valence electrons. The third kappa shape index (κ3) is 4.92. The lowest BCUT2D eigenvalue weighted by Crippen LogP contribution is -2.45. The highest BCUT2D eigenvalue weighted by atomic mass is 35.5. The minimum atomic E-state index is 0. The van der Waals surface area contributed by atoms with Crippen molar-refractivity contribution in [2.75, 3.05) is 26.2 Å². The maximum Gasteiger partial charge on any atom is 0.119 e. The molecule has 3 N–H and O–H groups in total. The van der Waals surface area contributed by atoms with E-state index in [1.807, 2.05) is 0 Å². The molecule has 0 amide bonds. The molecule has 0 aromatic heterocycles. The molecule has 1 saturated heterocycles. The molecule has 0 unspecified atom stereocenters. The van der Waals surface area contributed by atoms with E-state index in [1.54, 1.807) is 12.1 Å². The quantitative estimate of drug-likeness (QED) is 0.792. The van der Waals surface area contributed by atoms with Crippen LogP contribution < -0.4 is 5.32 Å². The number of nitrogens with one attached hydrogen (secondary N) is 1. The summed E-state index contributed by atoms with van der Waals surface area (Å²) in [4.78, 5) is 2.48. The SMILES string of the molecule is Cl.Cl.Oc1cc(O)cc([C@@H](CC2CC2)N2CCNCC2)c1. The average Bonchev–Trinajstić information content (AvgIpc) is 3.20. The summed E-state index contributed by atoms with van der Waals surface area (Å²) < 4.78 is 0. The third-order valence-electron chi connectivity index (χ3n) is 4.16. The van der Waals surface area contributed by atoms with E-state index < -0.39 is 0 Å². The normalized spacial score (nSPS) is 20.2. The molecule has 2 aliphatic rings. The molecule has 21 heavy (non-hydrogen) atoms. The number of rotatable bonds is 4. The molecule has 0 bridgehead atoms. The van der Waals surface area contributed by atoms with Gasteiger partial charge in [0.1, 0.15) is 11.5 Å². The van der Waals surface area contributed by atoms with Crippen LogP contribution in [0.25, 0.3) is 0 Å². The summed E-state index contributed by atoms with van der Waals surface area (Å²) in [5.41, 5.74) is 1.05. The summed E-state index contributed by atoms with van der Waals surface area (Å²) in [6, 6.07) is 5.33. The van der Waals surface area contributed by atoms with E-state index in [1.165, 1.54) is 18.9 Å². The maximum atomic E-state index is 9.70. The summed E-state index contributed by atoms with van der Waals surface area (Å²) in [5, 5.41) is 22.8. The molecule has 1 saturated carbocycles. The van der Waals surface area contributed by atoms with Crippen LogP contribution in [0.5, 0.6) is 11.5 Å². The fraction of sp³-hybridized carbons (Fsp3) is 0.600. The topological polar surface area (TPSA) is 55.7 Å². The Hall–Kier alpha value is -0.680. The monoisotopic (exact) mass is 334 g/mol. The number of piperazine rings is 1.